The van der Waals surface area contributed by atoms with Crippen LogP contribution in [0.4, 0.5) is 33.3 Å². The first-order valence-electron chi connectivity index (χ1n) is 29.0. The molecule has 5 aromatic rings. The van der Waals surface area contributed by atoms with Gasteiger partial charge in [-0.3, -0.25) is 14.5 Å². The molecule has 0 bridgehead atoms. The van der Waals surface area contributed by atoms with Gasteiger partial charge in [-0.15, -0.1) is 23.1 Å². The summed E-state index contributed by atoms with van der Waals surface area (Å²) in [5, 5.41) is 5.77. The summed E-state index contributed by atoms with van der Waals surface area (Å²) in [6, 6.07) is 23.4. The smallest absolute Gasteiger partial charge is 0.493 e. The van der Waals surface area contributed by atoms with Gasteiger partial charge in [0, 0.05) is 112 Å². The fourth-order valence-corrected chi connectivity index (χ4v) is 14.8. The van der Waals surface area contributed by atoms with Crippen molar-refractivity contribution in [3.05, 3.63) is 137 Å². The molecule has 0 saturated carbocycles. The van der Waals surface area contributed by atoms with E-state index in [4.69, 9.17) is 4.74 Å². The first-order chi connectivity index (χ1) is 41.0. The molecular weight excluding hydrogens is 1190 g/mol. The van der Waals surface area contributed by atoms with Crippen molar-refractivity contribution in [2.45, 2.75) is 111 Å². The van der Waals surface area contributed by atoms with E-state index in [2.05, 4.69) is 55.6 Å². The Bertz CT molecular complexity index is 3370. The number of carbonyl (C=O) groups excluding carboxylic acids is 2. The number of allylic oxidation sites excluding steroid dienone is 2. The number of alkyl halides is 5. The van der Waals surface area contributed by atoms with Crippen LogP contribution in [0, 0.1) is 12.3 Å². The van der Waals surface area contributed by atoms with Gasteiger partial charge in [0.1, 0.15) is 10.6 Å². The quantitative estimate of drug-likeness (QED) is 0.0179. The van der Waals surface area contributed by atoms with Crippen molar-refractivity contribution in [3.63, 3.8) is 0 Å². The van der Waals surface area contributed by atoms with E-state index in [1.165, 1.54) is 29.5 Å². The summed E-state index contributed by atoms with van der Waals surface area (Å²) in [7, 11) is -11.0. The Labute approximate surface area is 510 Å². The maximum absolute atomic E-state index is 14.5. The van der Waals surface area contributed by atoms with Crippen molar-refractivity contribution in [3.8, 4) is 16.2 Å². The van der Waals surface area contributed by atoms with Gasteiger partial charge in [0.25, 0.3) is 25.8 Å². The summed E-state index contributed by atoms with van der Waals surface area (Å²) in [5.41, 5.74) is 2.33. The van der Waals surface area contributed by atoms with Crippen LogP contribution in [0.3, 0.4) is 0 Å². The molecule has 2 amide bonds. The summed E-state index contributed by atoms with van der Waals surface area (Å²) in [6.07, 6.45) is 3.09. The number of ether oxygens (including phenoxy) is 1. The number of amides is 2. The second-order valence-corrected chi connectivity index (χ2v) is 28.4. The lowest BCUT2D eigenvalue weighted by atomic mass is 9.72. The lowest BCUT2D eigenvalue weighted by Crippen LogP contribution is -2.47. The zero-order valence-electron chi connectivity index (χ0n) is 48.8. The standard InChI is InChI=1S/C62H77F5N8O7S4/c1-44(12-21-58(63)64)54-38-61(3,4)24-22-49(54)40-74-31-33-75(34-32-74)51-17-15-46(16-18-51)60(77)71-86(80,81)53-19-20-55(57(37-53)85(78,79)62(65,66)67)70-50(41-83-52-10-6-5-7-11-52)23-26-73-29-27-72(28-30-73)25-8-9-35-82-56-36-47(59-45(2)69-43-84-59)13-14-48(56)39-68-42-76/h5-7,10-11,13-20,36-37,42-43,50,58,70H,1,8-9,12,21-35,38-41H2,2-4H3,(H,68,76)(H,71,77)/t50-/m1/s1. The number of nitrogens with zero attached hydrogens (tertiary/aromatic N) is 5. The zero-order chi connectivity index (χ0) is 61.7. The molecule has 3 N–H and O–H groups in total. The van der Waals surface area contributed by atoms with Gasteiger partial charge in [-0.2, -0.15) is 13.2 Å². The summed E-state index contributed by atoms with van der Waals surface area (Å²) in [5.74, 6) is -0.0267. The first-order valence-corrected chi connectivity index (χ1v) is 33.8. The summed E-state index contributed by atoms with van der Waals surface area (Å²) in [4.78, 5) is 37.8. The minimum atomic E-state index is -6.13. The number of rotatable bonds is 29. The Morgan fingerprint density at radius 3 is 2.23 bits per heavy atom. The molecule has 24 heteroatoms. The van der Waals surface area contributed by atoms with Crippen molar-refractivity contribution < 1.29 is 53.1 Å². The number of piperazine rings is 2. The number of halogens is 5. The number of thioether (sulfide) groups is 1. The van der Waals surface area contributed by atoms with Crippen LogP contribution >= 0.6 is 23.1 Å². The van der Waals surface area contributed by atoms with Crippen LogP contribution in [0.1, 0.15) is 86.8 Å². The monoisotopic (exact) mass is 1270 g/mol. The van der Waals surface area contributed by atoms with Crippen molar-refractivity contribution >= 4 is 66.7 Å². The molecule has 15 nitrogen and oxygen atoms in total. The number of carbonyl (C=O) groups is 2. The molecule has 0 unspecified atom stereocenters. The van der Waals surface area contributed by atoms with Crippen LogP contribution in [0.15, 0.2) is 134 Å². The van der Waals surface area contributed by atoms with E-state index in [0.717, 1.165) is 127 Å². The molecule has 2 aliphatic heterocycles. The van der Waals surface area contributed by atoms with E-state index < -0.39 is 59.2 Å². The molecule has 466 valence electrons. The highest BCUT2D eigenvalue weighted by atomic mass is 32.2. The predicted octanol–water partition coefficient (Wildman–Crippen LogP) is 11.4. The fraction of sp³-hybridized carbons (Fsp3) is 0.468. The van der Waals surface area contributed by atoms with Crippen LogP contribution in [0.2, 0.25) is 0 Å². The molecule has 4 aromatic carbocycles. The van der Waals surface area contributed by atoms with Gasteiger partial charge >= 0.3 is 5.51 Å². The van der Waals surface area contributed by atoms with Crippen molar-refractivity contribution in [2.24, 2.45) is 5.41 Å². The van der Waals surface area contributed by atoms with Gasteiger partial charge in [0.15, 0.2) is 0 Å². The van der Waals surface area contributed by atoms with Crippen LogP contribution in [-0.2, 0) is 31.2 Å². The van der Waals surface area contributed by atoms with E-state index >= 15 is 0 Å². The number of hydrogen-bond donors (Lipinski definition) is 3. The topological polar surface area (TPSA) is 174 Å². The molecule has 1 aliphatic carbocycles. The molecular formula is C62H77F5N8O7S4. The third kappa shape index (κ3) is 18.1. The number of aryl methyl sites for hydroxylation is 1. The number of anilines is 2. The van der Waals surface area contributed by atoms with E-state index in [0.29, 0.717) is 76.3 Å². The molecule has 86 heavy (non-hydrogen) atoms. The van der Waals surface area contributed by atoms with Crippen LogP contribution in [0.25, 0.3) is 10.4 Å². The average Bonchev–Trinajstić information content (AvgIpc) is 1.28. The van der Waals surface area contributed by atoms with E-state index in [1.807, 2.05) is 60.2 Å². The third-order valence-electron chi connectivity index (χ3n) is 16.0. The van der Waals surface area contributed by atoms with Gasteiger partial charge in [-0.05, 0) is 136 Å². The minimum Gasteiger partial charge on any atom is -0.493 e. The van der Waals surface area contributed by atoms with Crippen LogP contribution < -0.4 is 25.0 Å². The van der Waals surface area contributed by atoms with Crippen molar-refractivity contribution in [1.29, 1.82) is 0 Å². The van der Waals surface area contributed by atoms with Crippen molar-refractivity contribution in [2.75, 3.05) is 94.6 Å². The molecule has 2 fully saturated rings. The molecule has 0 spiro atoms. The Morgan fingerprint density at radius 1 is 0.872 bits per heavy atom. The largest absolute Gasteiger partial charge is 0.501 e. The van der Waals surface area contributed by atoms with E-state index in [-0.39, 0.29) is 23.8 Å². The molecule has 8 rings (SSSR count). The molecule has 1 aromatic heterocycles. The highest BCUT2D eigenvalue weighted by Crippen LogP contribution is 2.43. The van der Waals surface area contributed by atoms with Gasteiger partial charge in [0.05, 0.1) is 33.3 Å². The fourth-order valence-electron chi connectivity index (χ4n) is 11.0. The second-order valence-electron chi connectivity index (χ2n) is 22.9. The van der Waals surface area contributed by atoms with E-state index in [1.54, 1.807) is 29.0 Å². The molecule has 0 radical (unpaired) electrons. The van der Waals surface area contributed by atoms with Gasteiger partial charge in [-0.1, -0.05) is 61.9 Å². The number of aromatic nitrogens is 1. The van der Waals surface area contributed by atoms with Gasteiger partial charge in [0.2, 0.25) is 12.8 Å². The molecule has 3 aliphatic rings. The van der Waals surface area contributed by atoms with Gasteiger partial charge < -0.3 is 30.1 Å². The minimum absolute atomic E-state index is 0.0486. The van der Waals surface area contributed by atoms with Crippen molar-refractivity contribution in [1.82, 2.24) is 29.7 Å². The maximum atomic E-state index is 14.5. The summed E-state index contributed by atoms with van der Waals surface area (Å²) in [6.45, 7) is 19.2. The first kappa shape index (κ1) is 66.1. The normalized spacial score (nSPS) is 16.9. The number of unbranched alkanes of at least 4 members (excludes halogenated alkanes) is 1. The van der Waals surface area contributed by atoms with E-state index in [9.17, 15) is 48.4 Å². The Balaban J connectivity index is 0.861. The zero-order valence-corrected chi connectivity index (χ0v) is 52.1. The maximum Gasteiger partial charge on any atom is 0.501 e. The highest BCUT2D eigenvalue weighted by Gasteiger charge is 2.48. The lowest BCUT2D eigenvalue weighted by Gasteiger charge is -2.39. The second kappa shape index (κ2) is 29.9. The Kier molecular flexibility index (Phi) is 23.0. The summed E-state index contributed by atoms with van der Waals surface area (Å²) < 4.78 is 132. The Morgan fingerprint density at radius 2 is 1.57 bits per heavy atom. The molecule has 2 saturated heterocycles. The highest BCUT2D eigenvalue weighted by molar-refractivity contribution is 7.99. The number of nitrogens with one attached hydrogen (secondary N) is 3. The number of benzene rings is 4. The lowest BCUT2D eigenvalue weighted by molar-refractivity contribution is -0.109. The Hall–Kier alpha value is -5.89. The SMILES string of the molecule is C=C(CCC(F)F)C1=C(CN2CCN(c3ccc(C(=O)NS(=O)(=O)c4ccc(N[C@H](CCN5CCN(CCCCOc6cc(-c7scnc7C)ccc6CNC=O)CC5)CSc5ccccc5)c(S(=O)(=O)C(F)(F)F)c4)cc3)CC2)CCC(C)(C)C1. The van der Waals surface area contributed by atoms with Gasteiger partial charge in [-0.25, -0.2) is 35.3 Å². The van der Waals surface area contributed by atoms with Crippen LogP contribution in [0.5, 0.6) is 5.75 Å². The average molecular weight is 1270 g/mol. The number of sulfonamides is 1. The summed E-state index contributed by atoms with van der Waals surface area (Å²) >= 11 is 3.00. The number of hydrogen-bond acceptors (Lipinski definition) is 15. The number of sulfone groups is 1. The molecule has 3 heterocycles. The predicted molar refractivity (Wildman–Crippen MR) is 330 cm³/mol. The third-order valence-corrected chi connectivity index (χ3v) is 21.0. The van der Waals surface area contributed by atoms with Crippen LogP contribution in [-0.4, -0.2) is 151 Å². The molecule has 1 atom stereocenters. The number of thiazole rings is 1.